The normalized spacial score (nSPS) is 22.6. The van der Waals surface area contributed by atoms with Crippen LogP contribution in [-0.4, -0.2) is 20.4 Å². The zero-order chi connectivity index (χ0) is 20.3. The average Bonchev–Trinajstić information content (AvgIpc) is 2.65. The summed E-state index contributed by atoms with van der Waals surface area (Å²) in [7, 11) is -3.40. The van der Waals surface area contributed by atoms with E-state index in [1.165, 1.54) is 6.42 Å². The summed E-state index contributed by atoms with van der Waals surface area (Å²) in [6.45, 7) is 6.31. The lowest BCUT2D eigenvalue weighted by Crippen LogP contribution is -2.45. The Labute approximate surface area is 168 Å². The van der Waals surface area contributed by atoms with Gasteiger partial charge in [0, 0.05) is 11.6 Å². The smallest absolute Gasteiger partial charge is 0.251 e. The van der Waals surface area contributed by atoms with E-state index < -0.39 is 9.84 Å². The molecular weight excluding hydrogens is 370 g/mol. The van der Waals surface area contributed by atoms with E-state index in [0.717, 1.165) is 18.4 Å². The van der Waals surface area contributed by atoms with E-state index in [1.807, 2.05) is 6.92 Å². The molecule has 5 heteroatoms. The molecule has 0 aliphatic heterocycles. The minimum atomic E-state index is -3.40. The number of carbonyl (C=O) groups excluding carboxylic acids is 1. The van der Waals surface area contributed by atoms with E-state index in [-0.39, 0.29) is 17.7 Å². The van der Waals surface area contributed by atoms with Gasteiger partial charge in [-0.1, -0.05) is 50.1 Å². The highest BCUT2D eigenvalue weighted by Crippen LogP contribution is 2.29. The molecule has 2 aromatic carbocycles. The summed E-state index contributed by atoms with van der Waals surface area (Å²) in [6, 6.07) is 14.0. The molecule has 1 saturated carbocycles. The molecule has 0 bridgehead atoms. The maximum atomic E-state index is 12.6. The summed E-state index contributed by atoms with van der Waals surface area (Å²) < 4.78 is 25.2. The Balaban J connectivity index is 1.67. The van der Waals surface area contributed by atoms with Crippen molar-refractivity contribution in [3.05, 3.63) is 65.2 Å². The summed E-state index contributed by atoms with van der Waals surface area (Å²) in [5, 5.41) is 3.18. The predicted octanol–water partition coefficient (Wildman–Crippen LogP) is 4.52. The molecule has 0 spiro atoms. The number of benzene rings is 2. The van der Waals surface area contributed by atoms with Gasteiger partial charge in [-0.15, -0.1) is 0 Å². The molecule has 0 saturated heterocycles. The van der Waals surface area contributed by atoms with Crippen molar-refractivity contribution >= 4 is 15.7 Å². The van der Waals surface area contributed by atoms with Gasteiger partial charge in [-0.05, 0) is 61.4 Å². The second-order valence-corrected chi connectivity index (χ2v) is 10.1. The maximum absolute atomic E-state index is 12.6. The number of nitrogens with one attached hydrogen (secondary N) is 1. The van der Waals surface area contributed by atoms with Crippen molar-refractivity contribution in [1.82, 2.24) is 5.32 Å². The van der Waals surface area contributed by atoms with Crippen LogP contribution in [0, 0.1) is 18.8 Å². The fraction of sp³-hybridized carbons (Fsp3) is 0.435. The van der Waals surface area contributed by atoms with Gasteiger partial charge < -0.3 is 5.32 Å². The van der Waals surface area contributed by atoms with Crippen LogP contribution in [0.4, 0.5) is 0 Å². The first-order valence-corrected chi connectivity index (χ1v) is 11.6. The van der Waals surface area contributed by atoms with Crippen LogP contribution in [-0.2, 0) is 15.6 Å². The van der Waals surface area contributed by atoms with Gasteiger partial charge in [0.05, 0.1) is 10.6 Å². The lowest BCUT2D eigenvalue weighted by molar-refractivity contribution is 0.0880. The number of hydrogen-bond donors (Lipinski definition) is 1. The van der Waals surface area contributed by atoms with Crippen LogP contribution in [0.1, 0.15) is 54.6 Å². The number of carbonyl (C=O) groups is 1. The van der Waals surface area contributed by atoms with E-state index in [4.69, 9.17) is 0 Å². The van der Waals surface area contributed by atoms with Gasteiger partial charge in [0.15, 0.2) is 9.84 Å². The standard InChI is InChI=1S/C23H29NO3S/c1-16-7-13-21(14-8-16)28(26,27)15-19-9-11-20(12-10-19)23(25)24-22-17(2)5-4-6-18(22)3/h7-14,17-18,22H,4-6,15H2,1-3H3,(H,24,25). The van der Waals surface area contributed by atoms with Crippen LogP contribution < -0.4 is 5.32 Å². The SMILES string of the molecule is Cc1ccc(S(=O)(=O)Cc2ccc(C(=O)NC3C(C)CCCC3C)cc2)cc1. The second-order valence-electron chi connectivity index (χ2n) is 8.15. The van der Waals surface area contributed by atoms with Gasteiger partial charge in [-0.25, -0.2) is 8.42 Å². The van der Waals surface area contributed by atoms with Gasteiger partial charge in [-0.2, -0.15) is 0 Å². The van der Waals surface area contributed by atoms with Crippen molar-refractivity contribution in [2.45, 2.75) is 56.7 Å². The Bertz CT molecular complexity index is 907. The van der Waals surface area contributed by atoms with Crippen molar-refractivity contribution in [1.29, 1.82) is 0 Å². The summed E-state index contributed by atoms with van der Waals surface area (Å²) in [5.74, 6) is 0.797. The largest absolute Gasteiger partial charge is 0.349 e. The van der Waals surface area contributed by atoms with Gasteiger partial charge in [0.1, 0.15) is 0 Å². The molecule has 0 radical (unpaired) electrons. The van der Waals surface area contributed by atoms with E-state index in [9.17, 15) is 13.2 Å². The number of hydrogen-bond acceptors (Lipinski definition) is 3. The highest BCUT2D eigenvalue weighted by Gasteiger charge is 2.29. The lowest BCUT2D eigenvalue weighted by atomic mass is 9.78. The van der Waals surface area contributed by atoms with Gasteiger partial charge in [-0.3, -0.25) is 4.79 Å². The van der Waals surface area contributed by atoms with Crippen LogP contribution >= 0.6 is 0 Å². The molecule has 150 valence electrons. The molecule has 2 aromatic rings. The molecule has 1 aliphatic carbocycles. The summed E-state index contributed by atoms with van der Waals surface area (Å²) in [4.78, 5) is 12.9. The third-order valence-electron chi connectivity index (χ3n) is 5.80. The molecule has 4 nitrogen and oxygen atoms in total. The topological polar surface area (TPSA) is 63.2 Å². The fourth-order valence-corrected chi connectivity index (χ4v) is 5.35. The molecule has 0 heterocycles. The Morgan fingerprint density at radius 2 is 1.54 bits per heavy atom. The quantitative estimate of drug-likeness (QED) is 0.804. The third kappa shape index (κ3) is 4.82. The second kappa shape index (κ2) is 8.48. The van der Waals surface area contributed by atoms with E-state index in [2.05, 4.69) is 19.2 Å². The van der Waals surface area contributed by atoms with Crippen molar-refractivity contribution < 1.29 is 13.2 Å². The summed E-state index contributed by atoms with van der Waals surface area (Å²) in [6.07, 6.45) is 3.51. The zero-order valence-electron chi connectivity index (χ0n) is 16.8. The minimum absolute atomic E-state index is 0.0747. The molecule has 1 fully saturated rings. The van der Waals surface area contributed by atoms with Crippen LogP contribution in [0.25, 0.3) is 0 Å². The summed E-state index contributed by atoms with van der Waals surface area (Å²) in [5.41, 5.74) is 2.27. The molecule has 28 heavy (non-hydrogen) atoms. The van der Waals surface area contributed by atoms with Crippen molar-refractivity contribution in [2.24, 2.45) is 11.8 Å². The van der Waals surface area contributed by atoms with Gasteiger partial charge in [0.25, 0.3) is 5.91 Å². The highest BCUT2D eigenvalue weighted by atomic mass is 32.2. The van der Waals surface area contributed by atoms with Gasteiger partial charge in [0.2, 0.25) is 0 Å². The molecule has 2 atom stereocenters. The Hall–Kier alpha value is -2.14. The van der Waals surface area contributed by atoms with Crippen LogP contribution in [0.2, 0.25) is 0 Å². The molecule has 2 unspecified atom stereocenters. The van der Waals surface area contributed by atoms with Crippen molar-refractivity contribution in [3.8, 4) is 0 Å². The number of amides is 1. The van der Waals surface area contributed by atoms with Crippen LogP contribution in [0.3, 0.4) is 0 Å². The zero-order valence-corrected chi connectivity index (χ0v) is 17.6. The molecule has 3 rings (SSSR count). The third-order valence-corrected chi connectivity index (χ3v) is 7.50. The average molecular weight is 400 g/mol. The monoisotopic (exact) mass is 399 g/mol. The molecule has 0 aromatic heterocycles. The Morgan fingerprint density at radius 3 is 2.11 bits per heavy atom. The molecular formula is C23H29NO3S. The number of sulfone groups is 1. The molecule has 1 aliphatic rings. The predicted molar refractivity (Wildman–Crippen MR) is 112 cm³/mol. The first kappa shape index (κ1) is 20.6. The van der Waals surface area contributed by atoms with E-state index in [0.29, 0.717) is 27.9 Å². The Kier molecular flexibility index (Phi) is 6.23. The lowest BCUT2D eigenvalue weighted by Gasteiger charge is -2.35. The first-order valence-electron chi connectivity index (χ1n) is 9.95. The number of aryl methyl sites for hydroxylation is 1. The van der Waals surface area contributed by atoms with Crippen molar-refractivity contribution in [2.75, 3.05) is 0 Å². The fourth-order valence-electron chi connectivity index (χ4n) is 4.00. The molecule has 1 amide bonds. The molecule has 1 N–H and O–H groups in total. The van der Waals surface area contributed by atoms with E-state index in [1.54, 1.807) is 48.5 Å². The minimum Gasteiger partial charge on any atom is -0.349 e. The summed E-state index contributed by atoms with van der Waals surface area (Å²) >= 11 is 0. The van der Waals surface area contributed by atoms with Crippen LogP contribution in [0.15, 0.2) is 53.4 Å². The Morgan fingerprint density at radius 1 is 0.964 bits per heavy atom. The van der Waals surface area contributed by atoms with Gasteiger partial charge >= 0.3 is 0 Å². The highest BCUT2D eigenvalue weighted by molar-refractivity contribution is 7.90. The number of rotatable bonds is 5. The first-order chi connectivity index (χ1) is 13.3. The maximum Gasteiger partial charge on any atom is 0.251 e. The van der Waals surface area contributed by atoms with Crippen molar-refractivity contribution in [3.63, 3.8) is 0 Å². The van der Waals surface area contributed by atoms with E-state index >= 15 is 0 Å². The van der Waals surface area contributed by atoms with Crippen LogP contribution in [0.5, 0.6) is 0 Å².